The first-order valence-corrected chi connectivity index (χ1v) is 14.2. The SMILES string of the molecule is CCCCCCCCCCCCCCOc1ccc(CNC(=O)c2cc[n+](CCC)cc2)cc1Cl. The van der Waals surface area contributed by atoms with Gasteiger partial charge in [-0.25, -0.2) is 4.57 Å². The molecular weight excluding hydrogens is 456 g/mol. The van der Waals surface area contributed by atoms with E-state index in [-0.39, 0.29) is 5.91 Å². The van der Waals surface area contributed by atoms with Crippen molar-refractivity contribution in [3.63, 3.8) is 0 Å². The highest BCUT2D eigenvalue weighted by Gasteiger charge is 2.09. The van der Waals surface area contributed by atoms with Crippen molar-refractivity contribution in [1.82, 2.24) is 5.32 Å². The van der Waals surface area contributed by atoms with Crippen LogP contribution in [0.2, 0.25) is 5.02 Å². The van der Waals surface area contributed by atoms with E-state index < -0.39 is 0 Å². The second kappa shape index (κ2) is 18.2. The number of rotatable bonds is 19. The largest absolute Gasteiger partial charge is 0.492 e. The molecule has 0 aliphatic rings. The summed E-state index contributed by atoms with van der Waals surface area (Å²) in [7, 11) is 0. The molecule has 0 fully saturated rings. The van der Waals surface area contributed by atoms with Gasteiger partial charge in [-0.3, -0.25) is 4.79 Å². The summed E-state index contributed by atoms with van der Waals surface area (Å²) >= 11 is 6.42. The van der Waals surface area contributed by atoms with E-state index in [0.29, 0.717) is 29.5 Å². The number of hydrogen-bond acceptors (Lipinski definition) is 2. The maximum atomic E-state index is 12.4. The van der Waals surface area contributed by atoms with Gasteiger partial charge in [0.05, 0.1) is 17.2 Å². The van der Waals surface area contributed by atoms with E-state index in [9.17, 15) is 4.79 Å². The van der Waals surface area contributed by atoms with Gasteiger partial charge in [-0.2, -0.15) is 0 Å². The number of ether oxygens (including phenoxy) is 1. The third kappa shape index (κ3) is 12.5. The molecule has 0 saturated carbocycles. The molecule has 1 aromatic heterocycles. The molecule has 194 valence electrons. The molecular formula is C30H46ClN2O2+. The zero-order valence-electron chi connectivity index (χ0n) is 22.0. The summed E-state index contributed by atoms with van der Waals surface area (Å²) in [5.74, 6) is 0.630. The first-order chi connectivity index (χ1) is 17.1. The number of benzene rings is 1. The fraction of sp³-hybridized carbons (Fsp3) is 0.600. The van der Waals surface area contributed by atoms with Gasteiger partial charge in [0.2, 0.25) is 0 Å². The highest BCUT2D eigenvalue weighted by molar-refractivity contribution is 6.32. The Morgan fingerprint density at radius 1 is 0.829 bits per heavy atom. The highest BCUT2D eigenvalue weighted by atomic mass is 35.5. The van der Waals surface area contributed by atoms with Gasteiger partial charge in [-0.1, -0.05) is 102 Å². The standard InChI is InChI=1S/C30H45ClN2O2/c1-3-5-6-7-8-9-10-11-12-13-14-15-23-35-29-17-16-26(24-28(29)31)25-32-30(34)27-18-21-33(20-4-2)22-19-27/h16-19,21-22,24H,3-15,20,23,25H2,1-2H3/p+1. The Kier molecular flexibility index (Phi) is 15.2. The average Bonchev–Trinajstić information content (AvgIpc) is 2.87. The van der Waals surface area contributed by atoms with Crippen LogP contribution in [0, 0.1) is 0 Å². The molecule has 5 heteroatoms. The minimum atomic E-state index is -0.0860. The van der Waals surface area contributed by atoms with Crippen molar-refractivity contribution in [3.8, 4) is 5.75 Å². The van der Waals surface area contributed by atoms with E-state index >= 15 is 0 Å². The number of nitrogens with one attached hydrogen (secondary N) is 1. The number of carbonyl (C=O) groups excluding carboxylic acids is 1. The minimum absolute atomic E-state index is 0.0860. The fourth-order valence-electron chi connectivity index (χ4n) is 4.20. The molecule has 1 aromatic carbocycles. The van der Waals surface area contributed by atoms with Crippen molar-refractivity contribution in [3.05, 3.63) is 58.9 Å². The summed E-state index contributed by atoms with van der Waals surface area (Å²) in [6.45, 7) is 6.48. The van der Waals surface area contributed by atoms with Gasteiger partial charge in [-0.05, 0) is 24.1 Å². The number of amides is 1. The number of pyridine rings is 1. The van der Waals surface area contributed by atoms with Crippen LogP contribution >= 0.6 is 11.6 Å². The molecule has 0 atom stereocenters. The van der Waals surface area contributed by atoms with Crippen LogP contribution in [0.3, 0.4) is 0 Å². The lowest BCUT2D eigenvalue weighted by atomic mass is 10.1. The van der Waals surface area contributed by atoms with Crippen molar-refractivity contribution in [2.45, 2.75) is 110 Å². The van der Waals surface area contributed by atoms with Crippen LogP contribution in [-0.2, 0) is 13.1 Å². The van der Waals surface area contributed by atoms with Gasteiger partial charge < -0.3 is 10.1 Å². The van der Waals surface area contributed by atoms with Crippen molar-refractivity contribution in [2.24, 2.45) is 0 Å². The van der Waals surface area contributed by atoms with Crippen LogP contribution < -0.4 is 14.6 Å². The van der Waals surface area contributed by atoms with Crippen LogP contribution in [0.1, 0.15) is 113 Å². The third-order valence-electron chi connectivity index (χ3n) is 6.34. The van der Waals surface area contributed by atoms with Crippen LogP contribution in [-0.4, -0.2) is 12.5 Å². The minimum Gasteiger partial charge on any atom is -0.492 e. The molecule has 0 radical (unpaired) electrons. The maximum absolute atomic E-state index is 12.4. The van der Waals surface area contributed by atoms with Gasteiger partial charge in [-0.15, -0.1) is 0 Å². The second-order valence-electron chi connectivity index (χ2n) is 9.51. The molecule has 1 heterocycles. The van der Waals surface area contributed by atoms with Gasteiger partial charge in [0, 0.05) is 25.1 Å². The molecule has 0 saturated heterocycles. The second-order valence-corrected chi connectivity index (χ2v) is 9.92. The van der Waals surface area contributed by atoms with E-state index in [1.54, 1.807) is 0 Å². The van der Waals surface area contributed by atoms with Crippen molar-refractivity contribution < 1.29 is 14.1 Å². The van der Waals surface area contributed by atoms with Crippen LogP contribution in [0.5, 0.6) is 5.75 Å². The fourth-order valence-corrected chi connectivity index (χ4v) is 4.45. The van der Waals surface area contributed by atoms with Crippen molar-refractivity contribution in [1.29, 1.82) is 0 Å². The van der Waals surface area contributed by atoms with E-state index in [4.69, 9.17) is 16.3 Å². The Labute approximate surface area is 218 Å². The predicted molar refractivity (Wildman–Crippen MR) is 146 cm³/mol. The third-order valence-corrected chi connectivity index (χ3v) is 6.64. The summed E-state index contributed by atoms with van der Waals surface area (Å²) in [5, 5.41) is 3.55. The van der Waals surface area contributed by atoms with Crippen molar-refractivity contribution in [2.75, 3.05) is 6.61 Å². The number of aryl methyl sites for hydroxylation is 1. The lowest BCUT2D eigenvalue weighted by Crippen LogP contribution is -2.33. The molecule has 2 rings (SSSR count). The summed E-state index contributed by atoms with van der Waals surface area (Å²) in [5.41, 5.74) is 1.61. The smallest absolute Gasteiger partial charge is 0.252 e. The number of halogens is 1. The van der Waals surface area contributed by atoms with E-state index in [1.807, 2.05) is 42.7 Å². The molecule has 0 aliphatic carbocycles. The van der Waals surface area contributed by atoms with Crippen LogP contribution in [0.4, 0.5) is 0 Å². The number of carbonyl (C=O) groups is 1. The summed E-state index contributed by atoms with van der Waals surface area (Å²) in [6, 6.07) is 9.44. The number of unbranched alkanes of at least 4 members (excludes halogenated alkanes) is 11. The first kappa shape index (κ1) is 29.2. The number of nitrogens with zero attached hydrogens (tertiary/aromatic N) is 1. The number of hydrogen-bond donors (Lipinski definition) is 1. The molecule has 0 spiro atoms. The lowest BCUT2D eigenvalue weighted by Gasteiger charge is -2.10. The van der Waals surface area contributed by atoms with E-state index in [2.05, 4.69) is 23.7 Å². The van der Waals surface area contributed by atoms with Gasteiger partial charge in [0.15, 0.2) is 12.4 Å². The normalized spacial score (nSPS) is 10.9. The Hall–Kier alpha value is -2.07. The Morgan fingerprint density at radius 3 is 2.00 bits per heavy atom. The summed E-state index contributed by atoms with van der Waals surface area (Å²) < 4.78 is 7.96. The molecule has 0 bridgehead atoms. The quantitative estimate of drug-likeness (QED) is 0.156. The zero-order chi connectivity index (χ0) is 25.1. The van der Waals surface area contributed by atoms with E-state index in [1.165, 1.54) is 70.6 Å². The molecule has 0 unspecified atom stereocenters. The first-order valence-electron chi connectivity index (χ1n) is 13.8. The Bertz CT molecular complexity index is 839. The van der Waals surface area contributed by atoms with E-state index in [0.717, 1.165) is 24.9 Å². The lowest BCUT2D eigenvalue weighted by molar-refractivity contribution is -0.697. The highest BCUT2D eigenvalue weighted by Crippen LogP contribution is 2.26. The number of aromatic nitrogens is 1. The molecule has 1 N–H and O–H groups in total. The molecule has 35 heavy (non-hydrogen) atoms. The Morgan fingerprint density at radius 2 is 1.43 bits per heavy atom. The maximum Gasteiger partial charge on any atom is 0.252 e. The summed E-state index contributed by atoms with van der Waals surface area (Å²) in [6.07, 6.45) is 20.9. The summed E-state index contributed by atoms with van der Waals surface area (Å²) in [4.78, 5) is 12.4. The Balaban J connectivity index is 1.56. The predicted octanol–water partition coefficient (Wildman–Crippen LogP) is 8.05. The van der Waals surface area contributed by atoms with Gasteiger partial charge >= 0.3 is 0 Å². The van der Waals surface area contributed by atoms with Crippen LogP contribution in [0.25, 0.3) is 0 Å². The molecule has 1 amide bonds. The molecule has 0 aliphatic heterocycles. The molecule has 2 aromatic rings. The van der Waals surface area contributed by atoms with Gasteiger partial charge in [0.25, 0.3) is 5.91 Å². The van der Waals surface area contributed by atoms with Crippen LogP contribution in [0.15, 0.2) is 42.7 Å². The monoisotopic (exact) mass is 501 g/mol. The topological polar surface area (TPSA) is 42.2 Å². The zero-order valence-corrected chi connectivity index (χ0v) is 22.8. The van der Waals surface area contributed by atoms with Crippen molar-refractivity contribution >= 4 is 17.5 Å². The molecule has 4 nitrogen and oxygen atoms in total. The van der Waals surface area contributed by atoms with Gasteiger partial charge in [0.1, 0.15) is 12.3 Å². The average molecular weight is 502 g/mol.